The van der Waals surface area contributed by atoms with Crippen molar-refractivity contribution in [3.63, 3.8) is 0 Å². The van der Waals surface area contributed by atoms with Gasteiger partial charge in [0.1, 0.15) is 11.9 Å². The second-order valence-electron chi connectivity index (χ2n) is 3.22. The monoisotopic (exact) mass is 195 g/mol. The maximum atomic E-state index is 8.62. The number of ether oxygens (including phenoxy) is 2. The van der Waals surface area contributed by atoms with Crippen LogP contribution >= 0.6 is 0 Å². The second-order valence-corrected chi connectivity index (χ2v) is 3.22. The molecule has 2 rings (SSSR count). The number of hydrogen-bond donors (Lipinski definition) is 2. The summed E-state index contributed by atoms with van der Waals surface area (Å²) in [5.41, 5.74) is 3.07. The average molecular weight is 195 g/mol. The van der Waals surface area contributed by atoms with Crippen LogP contribution in [0, 0.1) is 0 Å². The summed E-state index contributed by atoms with van der Waals surface area (Å²) in [5, 5.41) is 8.62. The van der Waals surface area contributed by atoms with Crippen LogP contribution in [0.25, 0.3) is 0 Å². The van der Waals surface area contributed by atoms with Gasteiger partial charge in [0.15, 0.2) is 0 Å². The van der Waals surface area contributed by atoms with Gasteiger partial charge < -0.3 is 14.7 Å². The van der Waals surface area contributed by atoms with E-state index in [1.165, 1.54) is 0 Å². The fraction of sp³-hybridized carbons (Fsp3) is 0.400. The standard InChI is InChI=1S/C10H13NO3/c12-11-5-8-3-1-2-4-10(8)14-9-6-13-7-9/h1-4,9,11-12H,5-7H2. The van der Waals surface area contributed by atoms with E-state index in [-0.39, 0.29) is 6.10 Å². The summed E-state index contributed by atoms with van der Waals surface area (Å²) in [7, 11) is 0. The van der Waals surface area contributed by atoms with Gasteiger partial charge >= 0.3 is 0 Å². The molecule has 14 heavy (non-hydrogen) atoms. The molecule has 76 valence electrons. The molecule has 1 saturated heterocycles. The van der Waals surface area contributed by atoms with Gasteiger partial charge in [-0.05, 0) is 6.07 Å². The third-order valence-corrected chi connectivity index (χ3v) is 2.14. The van der Waals surface area contributed by atoms with E-state index < -0.39 is 0 Å². The van der Waals surface area contributed by atoms with Crippen LogP contribution in [-0.4, -0.2) is 24.5 Å². The van der Waals surface area contributed by atoms with Crippen LogP contribution in [0.1, 0.15) is 5.56 Å². The van der Waals surface area contributed by atoms with Crippen LogP contribution in [-0.2, 0) is 11.3 Å². The zero-order valence-corrected chi connectivity index (χ0v) is 7.77. The lowest BCUT2D eigenvalue weighted by atomic mass is 10.2. The van der Waals surface area contributed by atoms with Gasteiger partial charge in [0.25, 0.3) is 0 Å². The number of rotatable bonds is 4. The van der Waals surface area contributed by atoms with Gasteiger partial charge in [-0.15, -0.1) is 0 Å². The average Bonchev–Trinajstić information content (AvgIpc) is 2.14. The highest BCUT2D eigenvalue weighted by Gasteiger charge is 2.20. The van der Waals surface area contributed by atoms with Crippen LogP contribution < -0.4 is 10.2 Å². The summed E-state index contributed by atoms with van der Waals surface area (Å²) in [4.78, 5) is 0. The zero-order valence-electron chi connectivity index (χ0n) is 7.77. The van der Waals surface area contributed by atoms with Crippen molar-refractivity contribution in [3.05, 3.63) is 29.8 Å². The highest BCUT2D eigenvalue weighted by Crippen LogP contribution is 2.21. The quantitative estimate of drug-likeness (QED) is 0.702. The molecule has 0 spiro atoms. The molecule has 0 atom stereocenters. The van der Waals surface area contributed by atoms with Crippen molar-refractivity contribution >= 4 is 0 Å². The third-order valence-electron chi connectivity index (χ3n) is 2.14. The van der Waals surface area contributed by atoms with E-state index in [2.05, 4.69) is 5.48 Å². The maximum absolute atomic E-state index is 8.62. The van der Waals surface area contributed by atoms with Crippen molar-refractivity contribution in [3.8, 4) is 5.75 Å². The molecule has 0 saturated carbocycles. The Hall–Kier alpha value is -1.10. The summed E-state index contributed by atoms with van der Waals surface area (Å²) in [6.45, 7) is 1.70. The van der Waals surface area contributed by atoms with Crippen molar-refractivity contribution < 1.29 is 14.7 Å². The minimum Gasteiger partial charge on any atom is -0.485 e. The predicted octanol–water partition coefficient (Wildman–Crippen LogP) is 0.943. The van der Waals surface area contributed by atoms with Crippen molar-refractivity contribution in [1.82, 2.24) is 5.48 Å². The maximum Gasteiger partial charge on any atom is 0.145 e. The predicted molar refractivity (Wildman–Crippen MR) is 50.3 cm³/mol. The van der Waals surface area contributed by atoms with E-state index in [1.807, 2.05) is 24.3 Å². The molecule has 0 aromatic heterocycles. The summed E-state index contributed by atoms with van der Waals surface area (Å²) in [5.74, 6) is 0.808. The van der Waals surface area contributed by atoms with Crippen molar-refractivity contribution in [2.24, 2.45) is 0 Å². The van der Waals surface area contributed by atoms with E-state index in [0.717, 1.165) is 11.3 Å². The molecule has 1 fully saturated rings. The molecule has 4 nitrogen and oxygen atoms in total. The van der Waals surface area contributed by atoms with Gasteiger partial charge in [0, 0.05) is 12.1 Å². The molecule has 1 aliphatic heterocycles. The van der Waals surface area contributed by atoms with E-state index in [9.17, 15) is 0 Å². The number of hydrogen-bond acceptors (Lipinski definition) is 4. The lowest BCUT2D eigenvalue weighted by Gasteiger charge is -2.27. The summed E-state index contributed by atoms with van der Waals surface area (Å²) < 4.78 is 10.7. The van der Waals surface area contributed by atoms with Crippen LogP contribution in [0.15, 0.2) is 24.3 Å². The summed E-state index contributed by atoms with van der Waals surface area (Å²) >= 11 is 0. The molecule has 0 aliphatic carbocycles. The lowest BCUT2D eigenvalue weighted by Crippen LogP contribution is -2.38. The normalized spacial score (nSPS) is 16.4. The minimum atomic E-state index is 0.162. The van der Waals surface area contributed by atoms with Gasteiger partial charge in [-0.3, -0.25) is 0 Å². The van der Waals surface area contributed by atoms with E-state index in [0.29, 0.717) is 19.8 Å². The molecule has 2 N–H and O–H groups in total. The van der Waals surface area contributed by atoms with Gasteiger partial charge in [0.05, 0.1) is 13.2 Å². The van der Waals surface area contributed by atoms with Gasteiger partial charge in [0.2, 0.25) is 0 Å². The Balaban J connectivity index is 2.05. The lowest BCUT2D eigenvalue weighted by molar-refractivity contribution is -0.0801. The fourth-order valence-corrected chi connectivity index (χ4v) is 1.31. The Kier molecular flexibility index (Phi) is 2.98. The zero-order chi connectivity index (χ0) is 9.80. The third kappa shape index (κ3) is 2.04. The first-order valence-electron chi connectivity index (χ1n) is 4.59. The van der Waals surface area contributed by atoms with Crippen LogP contribution in [0.2, 0.25) is 0 Å². The van der Waals surface area contributed by atoms with Crippen LogP contribution in [0.5, 0.6) is 5.75 Å². The number of hydroxylamine groups is 1. The van der Waals surface area contributed by atoms with Crippen molar-refractivity contribution in [1.29, 1.82) is 0 Å². The molecule has 0 bridgehead atoms. The molecule has 0 unspecified atom stereocenters. The number of nitrogens with one attached hydrogen (secondary N) is 1. The largest absolute Gasteiger partial charge is 0.485 e. The highest BCUT2D eigenvalue weighted by atomic mass is 16.6. The second kappa shape index (κ2) is 4.41. The molecular formula is C10H13NO3. The Labute approximate surface area is 82.4 Å². The topological polar surface area (TPSA) is 50.7 Å². The molecule has 4 heteroatoms. The van der Waals surface area contributed by atoms with E-state index in [1.54, 1.807) is 0 Å². The Morgan fingerprint density at radius 3 is 2.86 bits per heavy atom. The molecule has 1 heterocycles. The van der Waals surface area contributed by atoms with Crippen molar-refractivity contribution in [2.45, 2.75) is 12.6 Å². The SMILES string of the molecule is ONCc1ccccc1OC1COC1. The smallest absolute Gasteiger partial charge is 0.145 e. The highest BCUT2D eigenvalue weighted by molar-refractivity contribution is 5.33. The Morgan fingerprint density at radius 1 is 1.43 bits per heavy atom. The fourth-order valence-electron chi connectivity index (χ4n) is 1.31. The molecule has 1 aromatic carbocycles. The van der Waals surface area contributed by atoms with E-state index in [4.69, 9.17) is 14.7 Å². The van der Waals surface area contributed by atoms with Gasteiger partial charge in [-0.1, -0.05) is 18.2 Å². The van der Waals surface area contributed by atoms with Crippen LogP contribution in [0.4, 0.5) is 0 Å². The van der Waals surface area contributed by atoms with Gasteiger partial charge in [-0.2, -0.15) is 0 Å². The molecular weight excluding hydrogens is 182 g/mol. The summed E-state index contributed by atoms with van der Waals surface area (Å²) in [6.07, 6.45) is 0.162. The summed E-state index contributed by atoms with van der Waals surface area (Å²) in [6, 6.07) is 7.63. The first-order chi connectivity index (χ1) is 6.90. The van der Waals surface area contributed by atoms with E-state index >= 15 is 0 Å². The number of para-hydroxylation sites is 1. The number of benzene rings is 1. The first-order valence-corrected chi connectivity index (χ1v) is 4.59. The Bertz CT molecular complexity index is 299. The molecule has 1 aliphatic rings. The molecule has 1 aromatic rings. The molecule has 0 amide bonds. The van der Waals surface area contributed by atoms with Gasteiger partial charge in [-0.25, -0.2) is 5.48 Å². The first kappa shape index (κ1) is 9.45. The minimum absolute atomic E-state index is 0.162. The Morgan fingerprint density at radius 2 is 2.21 bits per heavy atom. The van der Waals surface area contributed by atoms with Crippen molar-refractivity contribution in [2.75, 3.05) is 13.2 Å². The van der Waals surface area contributed by atoms with Crippen LogP contribution in [0.3, 0.4) is 0 Å². The molecule has 0 radical (unpaired) electrons.